The van der Waals surface area contributed by atoms with Gasteiger partial charge < -0.3 is 5.11 Å². The molecule has 116 valence electrons. The van der Waals surface area contributed by atoms with Gasteiger partial charge in [0.05, 0.1) is 12.4 Å². The molecule has 1 N–H and O–H groups in total. The number of benzene rings is 1. The highest BCUT2D eigenvalue weighted by atomic mass is 32.2. The number of sulfonamides is 1. The molecule has 2 unspecified atom stereocenters. The maximum atomic E-state index is 12.7. The van der Waals surface area contributed by atoms with Crippen molar-refractivity contribution >= 4 is 10.0 Å². The predicted octanol–water partition coefficient (Wildman–Crippen LogP) is 2.27. The van der Waals surface area contributed by atoms with Crippen LogP contribution in [0, 0.1) is 5.92 Å². The molecule has 1 saturated carbocycles. The number of piperidine rings is 1. The SMILES string of the molecule is O=S(=O)(Cc1ccc(CO)cc1)N1CCCC2CCCC21. The number of fused-ring (bicyclic) bond motifs is 1. The van der Waals surface area contributed by atoms with Gasteiger partial charge in [-0.05, 0) is 42.7 Å². The van der Waals surface area contributed by atoms with Gasteiger partial charge in [0, 0.05) is 12.6 Å². The third-order valence-electron chi connectivity index (χ3n) is 4.85. The molecule has 21 heavy (non-hydrogen) atoms. The molecule has 5 heteroatoms. The summed E-state index contributed by atoms with van der Waals surface area (Å²) in [5, 5.41) is 9.04. The maximum absolute atomic E-state index is 12.7. The van der Waals surface area contributed by atoms with Crippen molar-refractivity contribution in [2.75, 3.05) is 6.54 Å². The van der Waals surface area contributed by atoms with Crippen LogP contribution >= 0.6 is 0 Å². The van der Waals surface area contributed by atoms with Crippen LogP contribution in [0.5, 0.6) is 0 Å². The van der Waals surface area contributed by atoms with Gasteiger partial charge in [0.1, 0.15) is 0 Å². The van der Waals surface area contributed by atoms with Crippen LogP contribution in [0.2, 0.25) is 0 Å². The van der Waals surface area contributed by atoms with E-state index in [0.717, 1.165) is 30.4 Å². The quantitative estimate of drug-likeness (QED) is 0.928. The van der Waals surface area contributed by atoms with Gasteiger partial charge in [0.2, 0.25) is 10.0 Å². The highest BCUT2D eigenvalue weighted by molar-refractivity contribution is 7.88. The fourth-order valence-electron chi connectivity index (χ4n) is 3.79. The molecular formula is C16H23NO3S. The lowest BCUT2D eigenvalue weighted by Gasteiger charge is -2.36. The number of rotatable bonds is 4. The molecule has 0 radical (unpaired) electrons. The Bertz CT molecular complexity index is 582. The van der Waals surface area contributed by atoms with Crippen LogP contribution in [0.25, 0.3) is 0 Å². The highest BCUT2D eigenvalue weighted by Gasteiger charge is 2.40. The zero-order chi connectivity index (χ0) is 14.9. The Labute approximate surface area is 126 Å². The van der Waals surface area contributed by atoms with Gasteiger partial charge in [-0.15, -0.1) is 0 Å². The van der Waals surface area contributed by atoms with Crippen molar-refractivity contribution in [3.8, 4) is 0 Å². The number of aliphatic hydroxyl groups is 1. The molecule has 1 heterocycles. The number of nitrogens with zero attached hydrogens (tertiary/aromatic N) is 1. The summed E-state index contributed by atoms with van der Waals surface area (Å²) in [5.41, 5.74) is 1.61. The number of hydrogen-bond donors (Lipinski definition) is 1. The second kappa shape index (κ2) is 6.07. The van der Waals surface area contributed by atoms with E-state index in [0.29, 0.717) is 12.5 Å². The zero-order valence-corrected chi connectivity index (χ0v) is 13.1. The molecule has 1 aliphatic heterocycles. The van der Waals surface area contributed by atoms with Crippen molar-refractivity contribution in [3.05, 3.63) is 35.4 Å². The first-order valence-corrected chi connectivity index (χ1v) is 9.39. The molecule has 0 amide bonds. The van der Waals surface area contributed by atoms with E-state index >= 15 is 0 Å². The summed E-state index contributed by atoms with van der Waals surface area (Å²) in [6.07, 6.45) is 5.54. The van der Waals surface area contributed by atoms with Crippen LogP contribution in [0.4, 0.5) is 0 Å². The van der Waals surface area contributed by atoms with E-state index in [2.05, 4.69) is 0 Å². The molecule has 1 saturated heterocycles. The highest BCUT2D eigenvalue weighted by Crippen LogP contribution is 2.38. The predicted molar refractivity (Wildman–Crippen MR) is 82.1 cm³/mol. The molecule has 4 nitrogen and oxygen atoms in total. The molecule has 2 aliphatic rings. The van der Waals surface area contributed by atoms with Crippen LogP contribution < -0.4 is 0 Å². The normalized spacial score (nSPS) is 26.7. The zero-order valence-electron chi connectivity index (χ0n) is 12.2. The second-order valence-electron chi connectivity index (χ2n) is 6.24. The van der Waals surface area contributed by atoms with Gasteiger partial charge in [-0.2, -0.15) is 4.31 Å². The molecule has 1 aromatic carbocycles. The summed E-state index contributed by atoms with van der Waals surface area (Å²) in [7, 11) is -3.24. The lowest BCUT2D eigenvalue weighted by molar-refractivity contribution is 0.202. The monoisotopic (exact) mass is 309 g/mol. The first-order valence-electron chi connectivity index (χ1n) is 7.78. The molecule has 0 spiro atoms. The first-order chi connectivity index (χ1) is 10.1. The van der Waals surface area contributed by atoms with Crippen molar-refractivity contribution in [1.82, 2.24) is 4.31 Å². The van der Waals surface area contributed by atoms with Crippen molar-refractivity contribution < 1.29 is 13.5 Å². The summed E-state index contributed by atoms with van der Waals surface area (Å²) in [4.78, 5) is 0. The molecule has 1 aliphatic carbocycles. The van der Waals surface area contributed by atoms with Crippen molar-refractivity contribution in [2.24, 2.45) is 5.92 Å². The summed E-state index contributed by atoms with van der Waals surface area (Å²) < 4.78 is 27.2. The van der Waals surface area contributed by atoms with E-state index in [9.17, 15) is 8.42 Å². The standard InChI is InChI=1S/C16H23NO3S/c18-11-13-6-8-14(9-7-13)12-21(19,20)17-10-2-4-15-3-1-5-16(15)17/h6-9,15-16,18H,1-5,10-12H2. The Balaban J connectivity index is 1.76. The van der Waals surface area contributed by atoms with E-state index in [1.54, 1.807) is 28.6 Å². The van der Waals surface area contributed by atoms with E-state index in [1.165, 1.54) is 12.8 Å². The van der Waals surface area contributed by atoms with Gasteiger partial charge >= 0.3 is 0 Å². The third-order valence-corrected chi connectivity index (χ3v) is 6.72. The summed E-state index contributed by atoms with van der Waals surface area (Å²) >= 11 is 0. The molecule has 3 rings (SSSR count). The molecule has 0 aromatic heterocycles. The minimum Gasteiger partial charge on any atom is -0.392 e. The fourth-order valence-corrected chi connectivity index (χ4v) is 5.66. The van der Waals surface area contributed by atoms with E-state index in [4.69, 9.17) is 5.11 Å². The van der Waals surface area contributed by atoms with Crippen LogP contribution in [-0.4, -0.2) is 30.4 Å². The van der Waals surface area contributed by atoms with Gasteiger partial charge in [-0.1, -0.05) is 30.7 Å². The van der Waals surface area contributed by atoms with Crippen LogP contribution in [0.3, 0.4) is 0 Å². The van der Waals surface area contributed by atoms with Crippen LogP contribution in [-0.2, 0) is 22.4 Å². The van der Waals surface area contributed by atoms with E-state index < -0.39 is 10.0 Å². The molecule has 2 atom stereocenters. The Morgan fingerprint density at radius 1 is 1.05 bits per heavy atom. The largest absolute Gasteiger partial charge is 0.392 e. The summed E-state index contributed by atoms with van der Waals surface area (Å²) in [6.45, 7) is 0.668. The Hall–Kier alpha value is -0.910. The topological polar surface area (TPSA) is 57.6 Å². The number of hydrogen-bond acceptors (Lipinski definition) is 3. The minimum absolute atomic E-state index is 0.0110. The lowest BCUT2D eigenvalue weighted by atomic mass is 9.94. The Morgan fingerprint density at radius 2 is 1.71 bits per heavy atom. The lowest BCUT2D eigenvalue weighted by Crippen LogP contribution is -2.46. The van der Waals surface area contributed by atoms with Gasteiger partial charge in [-0.3, -0.25) is 0 Å². The molecule has 0 bridgehead atoms. The molecule has 2 fully saturated rings. The van der Waals surface area contributed by atoms with Gasteiger partial charge in [0.15, 0.2) is 0 Å². The van der Waals surface area contributed by atoms with Crippen LogP contribution in [0.1, 0.15) is 43.2 Å². The fraction of sp³-hybridized carbons (Fsp3) is 0.625. The Morgan fingerprint density at radius 3 is 2.43 bits per heavy atom. The van der Waals surface area contributed by atoms with E-state index in [-0.39, 0.29) is 18.4 Å². The van der Waals surface area contributed by atoms with Gasteiger partial charge in [0.25, 0.3) is 0 Å². The third kappa shape index (κ3) is 3.15. The summed E-state index contributed by atoms with van der Waals surface area (Å²) in [5.74, 6) is 0.646. The van der Waals surface area contributed by atoms with Crippen molar-refractivity contribution in [2.45, 2.75) is 50.5 Å². The minimum atomic E-state index is -3.24. The smallest absolute Gasteiger partial charge is 0.218 e. The van der Waals surface area contributed by atoms with Crippen molar-refractivity contribution in [1.29, 1.82) is 0 Å². The first kappa shape index (κ1) is 15.0. The van der Waals surface area contributed by atoms with E-state index in [1.807, 2.05) is 0 Å². The molecule has 1 aromatic rings. The van der Waals surface area contributed by atoms with Gasteiger partial charge in [-0.25, -0.2) is 8.42 Å². The van der Waals surface area contributed by atoms with Crippen LogP contribution in [0.15, 0.2) is 24.3 Å². The second-order valence-corrected chi connectivity index (χ2v) is 8.16. The number of aliphatic hydroxyl groups excluding tert-OH is 1. The maximum Gasteiger partial charge on any atom is 0.218 e. The summed E-state index contributed by atoms with van der Waals surface area (Å²) in [6, 6.07) is 7.43. The molecular weight excluding hydrogens is 286 g/mol. The van der Waals surface area contributed by atoms with Crippen molar-refractivity contribution in [3.63, 3.8) is 0 Å². The Kier molecular flexibility index (Phi) is 4.33. The average molecular weight is 309 g/mol. The average Bonchev–Trinajstić information content (AvgIpc) is 2.95.